The van der Waals surface area contributed by atoms with Crippen molar-refractivity contribution in [2.45, 2.75) is 0 Å². The molecule has 3 nitrogen and oxygen atoms in total. The monoisotopic (exact) mass is 268 g/mol. The van der Waals surface area contributed by atoms with Gasteiger partial charge in [0.25, 0.3) is 0 Å². The van der Waals surface area contributed by atoms with Crippen LogP contribution in [0.25, 0.3) is 0 Å². The largest absolute Gasteiger partial charge is 1.00 e. The summed E-state index contributed by atoms with van der Waals surface area (Å²) >= 11 is 16.3. The van der Waals surface area contributed by atoms with Gasteiger partial charge in [-0.1, -0.05) is 23.2 Å². The van der Waals surface area contributed by atoms with Gasteiger partial charge in [-0.05, 0) is 30.4 Å². The van der Waals surface area contributed by atoms with Crippen LogP contribution in [0.1, 0.15) is 0 Å². The third-order valence-electron chi connectivity index (χ3n) is 1.35. The fourth-order valence-electron chi connectivity index (χ4n) is 0.795. The molecule has 0 radical (unpaired) electrons. The normalized spacial score (nSPS) is 8.33. The number of thiocarbonyl (C=S) groups is 1. The fourth-order valence-corrected chi connectivity index (χ4v) is 1.41. The zero-order valence-electron chi connectivity index (χ0n) is 7.84. The molecule has 0 heterocycles. The molecule has 2 N–H and O–H groups in total. The molecule has 0 amide bonds. The zero-order chi connectivity index (χ0) is 10.6. The topological polar surface area (TPSA) is 47.9 Å². The van der Waals surface area contributed by atoms with Crippen molar-refractivity contribution >= 4 is 46.2 Å². The minimum atomic E-state index is 0. The predicted octanol–water partition coefficient (Wildman–Crippen LogP) is -0.235. The molecule has 0 bridgehead atoms. The summed E-state index contributed by atoms with van der Waals surface area (Å²) in [6, 6.07) is 4.93. The van der Waals surface area contributed by atoms with Gasteiger partial charge in [-0.25, -0.2) is 0 Å². The number of hydrogen-bond acceptors (Lipinski definition) is 2. The van der Waals surface area contributed by atoms with E-state index in [0.717, 1.165) is 0 Å². The second-order valence-corrected chi connectivity index (χ2v) is 3.57. The summed E-state index contributed by atoms with van der Waals surface area (Å²) in [4.78, 5) is 0. The Bertz CT molecular complexity index is 405. The van der Waals surface area contributed by atoms with E-state index in [2.05, 4.69) is 10.6 Å². The Kier molecular flexibility index (Phi) is 7.28. The van der Waals surface area contributed by atoms with Crippen LogP contribution in [0.2, 0.25) is 10.0 Å². The molecule has 0 atom stereocenters. The van der Waals surface area contributed by atoms with Gasteiger partial charge >= 0.3 is 29.6 Å². The summed E-state index contributed by atoms with van der Waals surface area (Å²) in [6.07, 6.45) is 1.70. The smallest absolute Gasteiger partial charge is 0.331 e. The first-order valence-electron chi connectivity index (χ1n) is 3.54. The number of nitrogens with one attached hydrogen (secondary N) is 2. The molecule has 72 valence electrons. The van der Waals surface area contributed by atoms with E-state index in [1.165, 1.54) is 0 Å². The van der Waals surface area contributed by atoms with Crippen LogP contribution in [0.3, 0.4) is 0 Å². The van der Waals surface area contributed by atoms with Crippen molar-refractivity contribution in [3.8, 4) is 6.19 Å². The molecule has 15 heavy (non-hydrogen) atoms. The first kappa shape index (κ1) is 15.0. The molecule has 0 spiro atoms. The van der Waals surface area contributed by atoms with Gasteiger partial charge in [0, 0.05) is 5.02 Å². The van der Waals surface area contributed by atoms with Crippen LogP contribution in [0.15, 0.2) is 18.2 Å². The van der Waals surface area contributed by atoms with Crippen LogP contribution in [0, 0.1) is 11.5 Å². The zero-order valence-corrected chi connectivity index (χ0v) is 12.2. The van der Waals surface area contributed by atoms with Crippen LogP contribution >= 0.6 is 35.4 Å². The van der Waals surface area contributed by atoms with Crippen molar-refractivity contribution in [1.29, 1.82) is 5.26 Å². The van der Waals surface area contributed by atoms with Crippen LogP contribution in [-0.4, -0.2) is 5.11 Å². The van der Waals surface area contributed by atoms with Gasteiger partial charge in [0.1, 0.15) is 0 Å². The molecule has 0 saturated carbocycles. The maximum absolute atomic E-state index is 8.29. The maximum atomic E-state index is 8.29. The van der Waals surface area contributed by atoms with Crippen molar-refractivity contribution in [2.75, 3.05) is 5.32 Å². The second-order valence-electron chi connectivity index (χ2n) is 2.32. The summed E-state index contributed by atoms with van der Waals surface area (Å²) in [6.45, 7) is 0. The standard InChI is InChI=1S/C8H5Cl2N3S.Na/c9-5-1-2-7(6(10)3-5)13-8(14)12-4-11;/h1-3H,(H2,12,13,14);/q;+1. The van der Waals surface area contributed by atoms with E-state index < -0.39 is 0 Å². The average molecular weight is 269 g/mol. The van der Waals surface area contributed by atoms with E-state index in [4.69, 9.17) is 40.7 Å². The molecule has 0 fully saturated rings. The summed E-state index contributed by atoms with van der Waals surface area (Å²) in [5, 5.41) is 14.5. The Balaban J connectivity index is 0.00000196. The summed E-state index contributed by atoms with van der Waals surface area (Å²) < 4.78 is 0. The van der Waals surface area contributed by atoms with Gasteiger partial charge in [-0.2, -0.15) is 5.26 Å². The quantitative estimate of drug-likeness (QED) is 0.320. The summed E-state index contributed by atoms with van der Waals surface area (Å²) in [7, 11) is 0. The third-order valence-corrected chi connectivity index (χ3v) is 2.10. The molecular weight excluding hydrogens is 264 g/mol. The molecule has 0 saturated heterocycles. The van der Waals surface area contributed by atoms with E-state index in [1.807, 2.05) is 0 Å². The second kappa shape index (κ2) is 7.29. The van der Waals surface area contributed by atoms with E-state index >= 15 is 0 Å². The Hall–Kier alpha value is -0.0200. The van der Waals surface area contributed by atoms with Crippen molar-refractivity contribution < 1.29 is 29.6 Å². The molecule has 1 aromatic carbocycles. The third kappa shape index (κ3) is 5.03. The van der Waals surface area contributed by atoms with Crippen molar-refractivity contribution in [3.05, 3.63) is 28.2 Å². The Morgan fingerprint density at radius 1 is 1.40 bits per heavy atom. The summed E-state index contributed by atoms with van der Waals surface area (Å²) in [5.41, 5.74) is 0.601. The molecule has 1 rings (SSSR count). The number of anilines is 1. The van der Waals surface area contributed by atoms with Gasteiger partial charge in [0.05, 0.1) is 10.7 Å². The van der Waals surface area contributed by atoms with Gasteiger partial charge in [0.15, 0.2) is 11.3 Å². The van der Waals surface area contributed by atoms with Crippen molar-refractivity contribution in [3.63, 3.8) is 0 Å². The van der Waals surface area contributed by atoms with Crippen LogP contribution in [0.5, 0.6) is 0 Å². The minimum absolute atomic E-state index is 0. The molecule has 0 aliphatic heterocycles. The van der Waals surface area contributed by atoms with Crippen LogP contribution in [-0.2, 0) is 0 Å². The maximum Gasteiger partial charge on any atom is 1.00 e. The average Bonchev–Trinajstić information content (AvgIpc) is 2.10. The van der Waals surface area contributed by atoms with Crippen LogP contribution in [0.4, 0.5) is 5.69 Å². The van der Waals surface area contributed by atoms with E-state index in [1.54, 1.807) is 24.4 Å². The number of nitrogens with zero attached hydrogens (tertiary/aromatic N) is 1. The molecule has 1 aromatic rings. The number of halogens is 2. The van der Waals surface area contributed by atoms with E-state index in [-0.39, 0.29) is 34.7 Å². The molecule has 0 unspecified atom stereocenters. The van der Waals surface area contributed by atoms with Crippen LogP contribution < -0.4 is 40.2 Å². The first-order valence-corrected chi connectivity index (χ1v) is 4.71. The first-order chi connectivity index (χ1) is 6.63. The van der Waals surface area contributed by atoms with Crippen molar-refractivity contribution in [2.24, 2.45) is 0 Å². The number of hydrogen-bond donors (Lipinski definition) is 2. The molecule has 0 aliphatic rings. The fraction of sp³-hybridized carbons (Fsp3) is 0. The van der Waals surface area contributed by atoms with E-state index in [9.17, 15) is 0 Å². The number of rotatable bonds is 1. The minimum Gasteiger partial charge on any atom is -0.331 e. The molecular formula is C8H5Cl2N3NaS+. The van der Waals surface area contributed by atoms with Gasteiger partial charge in [0.2, 0.25) is 0 Å². The Morgan fingerprint density at radius 3 is 2.60 bits per heavy atom. The molecule has 0 aromatic heterocycles. The van der Waals surface area contributed by atoms with Gasteiger partial charge in [-0.3, -0.25) is 5.32 Å². The van der Waals surface area contributed by atoms with Crippen molar-refractivity contribution in [1.82, 2.24) is 5.32 Å². The Morgan fingerprint density at radius 2 is 2.07 bits per heavy atom. The number of nitriles is 1. The molecule has 7 heteroatoms. The number of benzene rings is 1. The molecule has 0 aliphatic carbocycles. The SMILES string of the molecule is N#CNC(=S)Nc1ccc(Cl)cc1Cl.[Na+]. The Labute approximate surface area is 125 Å². The van der Waals surface area contributed by atoms with Gasteiger partial charge in [-0.15, -0.1) is 0 Å². The van der Waals surface area contributed by atoms with Gasteiger partial charge < -0.3 is 5.32 Å². The summed E-state index contributed by atoms with van der Waals surface area (Å²) in [5.74, 6) is 0. The van der Waals surface area contributed by atoms with E-state index in [0.29, 0.717) is 15.7 Å². The predicted molar refractivity (Wildman–Crippen MR) is 61.4 cm³/mol.